The first-order chi connectivity index (χ1) is 8.83. The molecule has 0 N–H and O–H groups in total. The number of hydrogen-bond donors (Lipinski definition) is 0. The minimum atomic E-state index is 0.441. The molecule has 0 saturated carbocycles. The molecule has 0 radical (unpaired) electrons. The molecule has 18 heavy (non-hydrogen) atoms. The van der Waals surface area contributed by atoms with E-state index in [1.165, 1.54) is 27.8 Å². The predicted molar refractivity (Wildman–Crippen MR) is 78.3 cm³/mol. The Balaban J connectivity index is 2.27. The van der Waals surface area contributed by atoms with Crippen LogP contribution in [0.3, 0.4) is 0 Å². The summed E-state index contributed by atoms with van der Waals surface area (Å²) in [7, 11) is 0. The first-order valence-corrected chi connectivity index (χ1v) is 6.34. The largest absolute Gasteiger partial charge is 0.0985 e. The molecular weight excluding hydrogens is 216 g/mol. The van der Waals surface area contributed by atoms with E-state index in [1.54, 1.807) is 0 Å². The van der Waals surface area contributed by atoms with Gasteiger partial charge >= 0.3 is 0 Å². The van der Waals surface area contributed by atoms with Crippen LogP contribution in [-0.2, 0) is 0 Å². The third-order valence-electron chi connectivity index (χ3n) is 3.73. The molecule has 1 aromatic rings. The third kappa shape index (κ3) is 1.53. The summed E-state index contributed by atoms with van der Waals surface area (Å²) in [5, 5.41) is 0. The molecule has 0 bridgehead atoms. The Bertz CT molecular complexity index is 621. The molecule has 0 aliphatic heterocycles. The van der Waals surface area contributed by atoms with E-state index >= 15 is 0 Å². The van der Waals surface area contributed by atoms with Gasteiger partial charge in [-0.15, -0.1) is 0 Å². The zero-order valence-electron chi connectivity index (χ0n) is 10.6. The van der Waals surface area contributed by atoms with Crippen molar-refractivity contribution in [1.82, 2.24) is 0 Å². The first kappa shape index (κ1) is 11.0. The van der Waals surface area contributed by atoms with Crippen molar-refractivity contribution in [2.24, 2.45) is 0 Å². The minimum Gasteiger partial charge on any atom is -0.0985 e. The van der Waals surface area contributed by atoms with Gasteiger partial charge in [0.25, 0.3) is 0 Å². The first-order valence-electron chi connectivity index (χ1n) is 6.34. The van der Waals surface area contributed by atoms with Gasteiger partial charge in [-0.25, -0.2) is 0 Å². The van der Waals surface area contributed by atoms with E-state index < -0.39 is 0 Å². The molecular formula is C18H16. The molecule has 0 spiro atoms. The zero-order valence-corrected chi connectivity index (χ0v) is 10.6. The van der Waals surface area contributed by atoms with Crippen molar-refractivity contribution < 1.29 is 0 Å². The lowest BCUT2D eigenvalue weighted by molar-refractivity contribution is 0.936. The Morgan fingerprint density at radius 1 is 1.11 bits per heavy atom. The molecule has 0 heteroatoms. The van der Waals surface area contributed by atoms with Crippen molar-refractivity contribution in [3.05, 3.63) is 89.6 Å². The van der Waals surface area contributed by atoms with E-state index in [0.717, 1.165) is 0 Å². The summed E-state index contributed by atoms with van der Waals surface area (Å²) in [5.41, 5.74) is 6.75. The van der Waals surface area contributed by atoms with Crippen LogP contribution in [0.2, 0.25) is 0 Å². The van der Waals surface area contributed by atoms with Gasteiger partial charge in [-0.3, -0.25) is 0 Å². The van der Waals surface area contributed by atoms with Gasteiger partial charge in [-0.1, -0.05) is 74.2 Å². The van der Waals surface area contributed by atoms with Crippen LogP contribution in [-0.4, -0.2) is 0 Å². The van der Waals surface area contributed by atoms with Crippen LogP contribution in [0.15, 0.2) is 78.4 Å². The number of rotatable bonds is 1. The summed E-state index contributed by atoms with van der Waals surface area (Å²) in [6, 6.07) is 8.67. The molecule has 0 nitrogen and oxygen atoms in total. The number of allylic oxidation sites excluding steroid dienone is 9. The molecule has 1 unspecified atom stereocenters. The highest BCUT2D eigenvalue weighted by atomic mass is 14.3. The quantitative estimate of drug-likeness (QED) is 0.652. The van der Waals surface area contributed by atoms with Crippen molar-refractivity contribution in [2.75, 3.05) is 0 Å². The minimum absolute atomic E-state index is 0.441. The Morgan fingerprint density at radius 3 is 2.78 bits per heavy atom. The topological polar surface area (TPSA) is 0 Å². The van der Waals surface area contributed by atoms with Gasteiger partial charge in [0.05, 0.1) is 0 Å². The standard InChI is InChI=1S/C18H16/c1-3-14-9-5-4-6-12-17-16-11-8-7-10-15(16)13(2)18(14)17/h3-13H,1H2,2H3/b5-4-,6-4?,9-5?,12-6-,14-9-,17-12?,18-14?. The van der Waals surface area contributed by atoms with Gasteiger partial charge in [0.1, 0.15) is 0 Å². The van der Waals surface area contributed by atoms with E-state index in [1.807, 2.05) is 6.08 Å². The molecule has 2 aliphatic carbocycles. The van der Waals surface area contributed by atoms with Crippen LogP contribution in [0.5, 0.6) is 0 Å². The smallest absolute Gasteiger partial charge is 0.00792 e. The normalized spacial score (nSPS) is 27.4. The lowest BCUT2D eigenvalue weighted by Crippen LogP contribution is -1.95. The summed E-state index contributed by atoms with van der Waals surface area (Å²) in [6.45, 7) is 6.23. The van der Waals surface area contributed by atoms with Crippen LogP contribution in [0, 0.1) is 0 Å². The van der Waals surface area contributed by atoms with Crippen LogP contribution < -0.4 is 0 Å². The van der Waals surface area contributed by atoms with E-state index in [4.69, 9.17) is 0 Å². The Morgan fingerprint density at radius 2 is 1.94 bits per heavy atom. The highest BCUT2D eigenvalue weighted by Gasteiger charge is 2.27. The lowest BCUT2D eigenvalue weighted by atomic mass is 9.91. The summed E-state index contributed by atoms with van der Waals surface area (Å²) in [6.07, 6.45) is 12.6. The molecule has 0 aromatic heterocycles. The monoisotopic (exact) mass is 232 g/mol. The van der Waals surface area contributed by atoms with Crippen LogP contribution >= 0.6 is 0 Å². The molecule has 2 aliphatic rings. The van der Waals surface area contributed by atoms with Gasteiger partial charge < -0.3 is 0 Å². The third-order valence-corrected chi connectivity index (χ3v) is 3.73. The second-order valence-electron chi connectivity index (χ2n) is 4.71. The van der Waals surface area contributed by atoms with Gasteiger partial charge in [0, 0.05) is 5.92 Å². The van der Waals surface area contributed by atoms with E-state index in [9.17, 15) is 0 Å². The number of hydrogen-bond acceptors (Lipinski definition) is 0. The van der Waals surface area contributed by atoms with Crippen LogP contribution in [0.25, 0.3) is 5.57 Å². The average molecular weight is 232 g/mol. The highest BCUT2D eigenvalue weighted by Crippen LogP contribution is 2.45. The maximum atomic E-state index is 3.95. The number of fused-ring (bicyclic) bond motifs is 2. The molecule has 0 amide bonds. The highest BCUT2D eigenvalue weighted by molar-refractivity contribution is 5.88. The fraction of sp³-hybridized carbons (Fsp3) is 0.111. The van der Waals surface area contributed by atoms with Crippen molar-refractivity contribution >= 4 is 5.57 Å². The molecule has 3 rings (SSSR count). The van der Waals surface area contributed by atoms with E-state index in [-0.39, 0.29) is 0 Å². The predicted octanol–water partition coefficient (Wildman–Crippen LogP) is 4.80. The second kappa shape index (κ2) is 4.30. The maximum absolute atomic E-state index is 3.95. The zero-order chi connectivity index (χ0) is 12.5. The van der Waals surface area contributed by atoms with Gasteiger partial charge in [-0.05, 0) is 27.8 Å². The Kier molecular flexibility index (Phi) is 2.64. The van der Waals surface area contributed by atoms with Gasteiger partial charge in [-0.2, -0.15) is 0 Å². The van der Waals surface area contributed by atoms with Crippen LogP contribution in [0.4, 0.5) is 0 Å². The van der Waals surface area contributed by atoms with Gasteiger partial charge in [0.15, 0.2) is 0 Å². The second-order valence-corrected chi connectivity index (χ2v) is 4.71. The molecule has 0 fully saturated rings. The maximum Gasteiger partial charge on any atom is 0.00792 e. The summed E-state index contributed by atoms with van der Waals surface area (Å²) in [5.74, 6) is 0.441. The summed E-state index contributed by atoms with van der Waals surface area (Å²) < 4.78 is 0. The molecule has 1 atom stereocenters. The van der Waals surface area contributed by atoms with E-state index in [2.05, 4.69) is 68.1 Å². The Labute approximate surface area is 108 Å². The summed E-state index contributed by atoms with van der Waals surface area (Å²) in [4.78, 5) is 0. The molecule has 0 heterocycles. The number of benzene rings is 1. The SMILES string of the molecule is C=C/C1=C/C=C\C=C/C2=C1C(C)c1ccccc12. The van der Waals surface area contributed by atoms with Crippen molar-refractivity contribution in [3.63, 3.8) is 0 Å². The van der Waals surface area contributed by atoms with Crippen molar-refractivity contribution in [2.45, 2.75) is 12.8 Å². The fourth-order valence-electron chi connectivity index (χ4n) is 2.88. The molecule has 0 saturated heterocycles. The fourth-order valence-corrected chi connectivity index (χ4v) is 2.88. The van der Waals surface area contributed by atoms with Crippen molar-refractivity contribution in [3.8, 4) is 0 Å². The van der Waals surface area contributed by atoms with Crippen molar-refractivity contribution in [1.29, 1.82) is 0 Å². The van der Waals surface area contributed by atoms with Crippen LogP contribution in [0.1, 0.15) is 24.0 Å². The molecule has 88 valence electrons. The van der Waals surface area contributed by atoms with Gasteiger partial charge in [0.2, 0.25) is 0 Å². The lowest BCUT2D eigenvalue weighted by Gasteiger charge is -2.13. The molecule has 1 aromatic carbocycles. The summed E-state index contributed by atoms with van der Waals surface area (Å²) >= 11 is 0. The Hall–Kier alpha value is -2.08. The van der Waals surface area contributed by atoms with E-state index in [0.29, 0.717) is 5.92 Å². The average Bonchev–Trinajstić information content (AvgIpc) is 2.64.